The summed E-state index contributed by atoms with van der Waals surface area (Å²) >= 11 is 12.0. The lowest BCUT2D eigenvalue weighted by Gasteiger charge is -2.28. The van der Waals surface area contributed by atoms with Gasteiger partial charge in [-0.05, 0) is 36.4 Å². The zero-order valence-electron chi connectivity index (χ0n) is 14.9. The number of benzene rings is 2. The second-order valence-electron chi connectivity index (χ2n) is 6.82. The van der Waals surface area contributed by atoms with Crippen molar-refractivity contribution in [2.24, 2.45) is 0 Å². The van der Waals surface area contributed by atoms with Gasteiger partial charge in [-0.3, -0.25) is 9.69 Å². The summed E-state index contributed by atoms with van der Waals surface area (Å²) in [4.78, 5) is 22.2. The molecule has 0 fully saturated rings. The first-order valence-corrected chi connectivity index (χ1v) is 9.53. The summed E-state index contributed by atoms with van der Waals surface area (Å²) in [6, 6.07) is 10.4. The Labute approximate surface area is 171 Å². The maximum atomic E-state index is 12.7. The van der Waals surface area contributed by atoms with Gasteiger partial charge in [0.05, 0.1) is 16.3 Å². The highest BCUT2D eigenvalue weighted by atomic mass is 35.5. The van der Waals surface area contributed by atoms with E-state index in [1.54, 1.807) is 18.2 Å². The first-order valence-electron chi connectivity index (χ1n) is 8.78. The second kappa shape index (κ2) is 7.47. The minimum Gasteiger partial charge on any atom is -0.506 e. The molecule has 4 N–H and O–H groups in total. The molecule has 1 aliphatic rings. The van der Waals surface area contributed by atoms with Crippen LogP contribution in [0.15, 0.2) is 41.2 Å². The van der Waals surface area contributed by atoms with E-state index in [0.29, 0.717) is 53.7 Å². The number of rotatable bonds is 3. The number of H-pyrrole nitrogens is 1. The van der Waals surface area contributed by atoms with Crippen LogP contribution in [0.4, 0.5) is 5.69 Å². The lowest BCUT2D eigenvalue weighted by atomic mass is 10.0. The molecule has 2 heterocycles. The number of aromatic nitrogens is 2. The van der Waals surface area contributed by atoms with Crippen LogP contribution < -0.4 is 11.3 Å². The molecule has 0 spiro atoms. The molecule has 0 radical (unpaired) electrons. The van der Waals surface area contributed by atoms with Crippen LogP contribution in [-0.4, -0.2) is 26.5 Å². The van der Waals surface area contributed by atoms with Gasteiger partial charge >= 0.3 is 0 Å². The van der Waals surface area contributed by atoms with E-state index in [-0.39, 0.29) is 16.3 Å². The fourth-order valence-electron chi connectivity index (χ4n) is 3.37. The number of halogens is 2. The topological polar surface area (TPSA) is 95.2 Å². The number of nitrogen functional groups attached to an aromatic ring is 1. The van der Waals surface area contributed by atoms with Gasteiger partial charge in [-0.2, -0.15) is 0 Å². The third-order valence-corrected chi connectivity index (χ3v) is 5.34. The van der Waals surface area contributed by atoms with Gasteiger partial charge in [-0.25, -0.2) is 4.98 Å². The Hall–Kier alpha value is -2.54. The Balaban J connectivity index is 1.59. The minimum absolute atomic E-state index is 0.0163. The number of aromatic hydroxyl groups is 1. The first-order chi connectivity index (χ1) is 13.4. The molecule has 8 heteroatoms. The second-order valence-corrected chi connectivity index (χ2v) is 7.66. The van der Waals surface area contributed by atoms with Crippen molar-refractivity contribution in [3.8, 4) is 17.1 Å². The number of fused-ring (bicyclic) bond motifs is 1. The number of nitrogens with two attached hydrogens (primary N) is 1. The van der Waals surface area contributed by atoms with Gasteiger partial charge in [0.2, 0.25) is 0 Å². The van der Waals surface area contributed by atoms with E-state index >= 15 is 0 Å². The van der Waals surface area contributed by atoms with Crippen LogP contribution in [0.1, 0.15) is 16.8 Å². The molecule has 0 saturated heterocycles. The summed E-state index contributed by atoms with van der Waals surface area (Å²) in [6.45, 7) is 1.57. The Bertz CT molecular complexity index is 1100. The van der Waals surface area contributed by atoms with Crippen molar-refractivity contribution >= 4 is 28.9 Å². The van der Waals surface area contributed by atoms with Crippen LogP contribution in [0.2, 0.25) is 10.0 Å². The van der Waals surface area contributed by atoms with Crippen LogP contribution >= 0.6 is 23.2 Å². The molecule has 144 valence electrons. The van der Waals surface area contributed by atoms with Crippen molar-refractivity contribution in [2.45, 2.75) is 19.5 Å². The van der Waals surface area contributed by atoms with E-state index in [1.807, 2.05) is 12.1 Å². The van der Waals surface area contributed by atoms with Crippen molar-refractivity contribution in [1.29, 1.82) is 0 Å². The largest absolute Gasteiger partial charge is 0.506 e. The molecule has 6 nitrogen and oxygen atoms in total. The molecule has 0 amide bonds. The van der Waals surface area contributed by atoms with Crippen molar-refractivity contribution in [3.63, 3.8) is 0 Å². The first kappa shape index (κ1) is 18.8. The van der Waals surface area contributed by atoms with Crippen molar-refractivity contribution in [3.05, 3.63) is 73.6 Å². The van der Waals surface area contributed by atoms with Gasteiger partial charge in [-0.1, -0.05) is 23.2 Å². The molecular formula is C20H18Cl2N4O2. The smallest absolute Gasteiger partial charge is 0.255 e. The molecule has 1 aromatic heterocycles. The lowest BCUT2D eigenvalue weighted by molar-refractivity contribution is 0.239. The average molecular weight is 417 g/mol. The zero-order chi connectivity index (χ0) is 19.8. The molecular weight excluding hydrogens is 399 g/mol. The number of hydrogen-bond acceptors (Lipinski definition) is 5. The molecule has 4 rings (SSSR count). The fourth-order valence-corrected chi connectivity index (χ4v) is 3.91. The van der Waals surface area contributed by atoms with Gasteiger partial charge in [-0.15, -0.1) is 0 Å². The number of nitrogens with one attached hydrogen (secondary N) is 1. The van der Waals surface area contributed by atoms with Crippen LogP contribution in [0.25, 0.3) is 11.4 Å². The number of hydrogen-bond donors (Lipinski definition) is 3. The van der Waals surface area contributed by atoms with E-state index in [9.17, 15) is 9.90 Å². The Morgan fingerprint density at radius 2 is 1.96 bits per heavy atom. The standard InChI is InChI=1S/C20H18Cl2N4O2/c21-13-7-12(18(27)16(22)8-13)9-26-6-5-17-15(10-26)20(28)25-19(24-17)11-1-3-14(23)4-2-11/h1-4,7-8,27H,5-6,9-10,23H2,(H,24,25,28). The number of anilines is 1. The number of nitrogens with zero attached hydrogens (tertiary/aromatic N) is 2. The van der Waals surface area contributed by atoms with E-state index < -0.39 is 0 Å². The molecule has 28 heavy (non-hydrogen) atoms. The quantitative estimate of drug-likeness (QED) is 0.567. The normalized spacial score (nSPS) is 14.1. The van der Waals surface area contributed by atoms with Gasteiger partial charge in [0.25, 0.3) is 5.56 Å². The van der Waals surface area contributed by atoms with Crippen molar-refractivity contribution in [2.75, 3.05) is 12.3 Å². The third-order valence-electron chi connectivity index (χ3n) is 4.83. The molecule has 1 aliphatic heterocycles. The summed E-state index contributed by atoms with van der Waals surface area (Å²) in [6.07, 6.45) is 0.635. The molecule has 0 aliphatic carbocycles. The molecule has 0 unspecified atom stereocenters. The van der Waals surface area contributed by atoms with E-state index in [1.165, 1.54) is 6.07 Å². The highest BCUT2D eigenvalue weighted by Crippen LogP contribution is 2.32. The predicted octanol–water partition coefficient (Wildman–Crippen LogP) is 3.59. The fraction of sp³-hybridized carbons (Fsp3) is 0.200. The van der Waals surface area contributed by atoms with Crippen molar-refractivity contribution < 1.29 is 5.11 Å². The Morgan fingerprint density at radius 3 is 2.71 bits per heavy atom. The molecule has 3 aromatic rings. The SMILES string of the molecule is Nc1ccc(-c2nc3c(c(=O)[nH]2)CN(Cc2cc(Cl)cc(Cl)c2O)CC3)cc1. The van der Waals surface area contributed by atoms with E-state index in [0.717, 1.165) is 11.3 Å². The minimum atomic E-state index is -0.158. The van der Waals surface area contributed by atoms with Gasteiger partial charge in [0.1, 0.15) is 11.6 Å². The zero-order valence-corrected chi connectivity index (χ0v) is 16.4. The average Bonchev–Trinajstić information content (AvgIpc) is 2.66. The van der Waals surface area contributed by atoms with Crippen LogP contribution in [0, 0.1) is 0 Å². The van der Waals surface area contributed by atoms with E-state index in [2.05, 4.69) is 14.9 Å². The highest BCUT2D eigenvalue weighted by molar-refractivity contribution is 6.35. The monoisotopic (exact) mass is 416 g/mol. The van der Waals surface area contributed by atoms with Gasteiger partial charge < -0.3 is 15.8 Å². The number of aromatic amines is 1. The number of phenolic OH excluding ortho intramolecular Hbond substituents is 1. The summed E-state index contributed by atoms with van der Waals surface area (Å²) in [5.41, 5.74) is 9.09. The van der Waals surface area contributed by atoms with Gasteiger partial charge in [0, 0.05) is 47.9 Å². The maximum Gasteiger partial charge on any atom is 0.255 e. The molecule has 2 aromatic carbocycles. The van der Waals surface area contributed by atoms with Gasteiger partial charge in [0.15, 0.2) is 0 Å². The molecule has 0 atom stereocenters. The third kappa shape index (κ3) is 3.71. The van der Waals surface area contributed by atoms with Crippen molar-refractivity contribution in [1.82, 2.24) is 14.9 Å². The maximum absolute atomic E-state index is 12.7. The predicted molar refractivity (Wildman–Crippen MR) is 111 cm³/mol. The summed E-state index contributed by atoms with van der Waals surface area (Å²) in [5, 5.41) is 10.9. The summed E-state index contributed by atoms with van der Waals surface area (Å²) < 4.78 is 0. The van der Waals surface area contributed by atoms with Crippen LogP contribution in [-0.2, 0) is 19.5 Å². The molecule has 0 saturated carbocycles. The highest BCUT2D eigenvalue weighted by Gasteiger charge is 2.23. The molecule has 0 bridgehead atoms. The number of phenols is 1. The summed E-state index contributed by atoms with van der Waals surface area (Å²) in [7, 11) is 0. The van der Waals surface area contributed by atoms with Crippen LogP contribution in [0.3, 0.4) is 0 Å². The Morgan fingerprint density at radius 1 is 1.21 bits per heavy atom. The lowest BCUT2D eigenvalue weighted by Crippen LogP contribution is -2.35. The van der Waals surface area contributed by atoms with E-state index in [4.69, 9.17) is 28.9 Å². The summed E-state index contributed by atoms with van der Waals surface area (Å²) in [5.74, 6) is 0.555. The van der Waals surface area contributed by atoms with Crippen LogP contribution in [0.5, 0.6) is 5.75 Å². The Kier molecular flexibility index (Phi) is 5.02.